The Morgan fingerprint density at radius 3 is 2.38 bits per heavy atom. The summed E-state index contributed by atoms with van der Waals surface area (Å²) in [5.41, 5.74) is 1.48. The Kier molecular flexibility index (Phi) is 8.96. The molecule has 0 spiro atoms. The number of benzene rings is 2. The molecule has 0 saturated carbocycles. The van der Waals surface area contributed by atoms with Crippen LogP contribution in [0.5, 0.6) is 0 Å². The van der Waals surface area contributed by atoms with Crippen molar-refractivity contribution >= 4 is 46.7 Å². The Hall–Kier alpha value is -2.57. The molecule has 8 heteroatoms. The van der Waals surface area contributed by atoms with Crippen LogP contribution < -0.4 is 10.6 Å². The zero-order chi connectivity index (χ0) is 21.2. The van der Waals surface area contributed by atoms with E-state index in [1.165, 1.54) is 0 Å². The number of esters is 1. The van der Waals surface area contributed by atoms with Crippen molar-refractivity contribution in [1.82, 2.24) is 5.32 Å². The summed E-state index contributed by atoms with van der Waals surface area (Å²) in [6, 6.07) is 14.0. The Labute approximate surface area is 179 Å². The average Bonchev–Trinajstić information content (AvgIpc) is 2.70. The molecule has 0 unspecified atom stereocenters. The fourth-order valence-electron chi connectivity index (χ4n) is 2.52. The van der Waals surface area contributed by atoms with Crippen molar-refractivity contribution in [2.75, 3.05) is 11.9 Å². The average molecular weight is 437 g/mol. The second-order valence-electron chi connectivity index (χ2n) is 6.39. The van der Waals surface area contributed by atoms with Gasteiger partial charge in [0.2, 0.25) is 5.91 Å². The lowest BCUT2D eigenvalue weighted by Gasteiger charge is -2.14. The molecule has 0 heterocycles. The van der Waals surface area contributed by atoms with E-state index in [0.717, 1.165) is 5.56 Å². The summed E-state index contributed by atoms with van der Waals surface area (Å²) in [5, 5.41) is 6.17. The fourth-order valence-corrected chi connectivity index (χ4v) is 2.82. The molecule has 0 fully saturated rings. The summed E-state index contributed by atoms with van der Waals surface area (Å²) >= 11 is 11.7. The van der Waals surface area contributed by atoms with Crippen molar-refractivity contribution in [3.8, 4) is 0 Å². The van der Waals surface area contributed by atoms with E-state index in [-0.39, 0.29) is 37.3 Å². The van der Waals surface area contributed by atoms with E-state index in [4.69, 9.17) is 27.9 Å². The van der Waals surface area contributed by atoms with E-state index in [2.05, 4.69) is 10.6 Å². The van der Waals surface area contributed by atoms with Gasteiger partial charge in [-0.1, -0.05) is 53.5 Å². The summed E-state index contributed by atoms with van der Waals surface area (Å²) in [6.07, 6.45) is 0.469. The van der Waals surface area contributed by atoms with Crippen molar-refractivity contribution in [3.05, 3.63) is 64.1 Å². The van der Waals surface area contributed by atoms with Crippen LogP contribution in [0.15, 0.2) is 48.5 Å². The number of anilines is 1. The number of nitrogens with one attached hydrogen (secondary N) is 2. The Bertz CT molecular complexity index is 859. The third-order valence-corrected chi connectivity index (χ3v) is 4.77. The number of rotatable bonds is 9. The van der Waals surface area contributed by atoms with Crippen LogP contribution in [0.25, 0.3) is 0 Å². The zero-order valence-corrected chi connectivity index (χ0v) is 17.4. The molecule has 2 rings (SSSR count). The van der Waals surface area contributed by atoms with Crippen LogP contribution in [0.1, 0.15) is 37.8 Å². The lowest BCUT2D eigenvalue weighted by atomic mass is 10.1. The number of carbonyl (C=O) groups is 3. The van der Waals surface area contributed by atoms with Gasteiger partial charge in [-0.15, -0.1) is 0 Å². The Morgan fingerprint density at radius 1 is 0.966 bits per heavy atom. The molecule has 0 radical (unpaired) electrons. The molecular formula is C21H22Cl2N2O4. The molecule has 2 aromatic carbocycles. The minimum absolute atomic E-state index is 0.0380. The number of hydrogen-bond donors (Lipinski definition) is 2. The number of hydrogen-bond acceptors (Lipinski definition) is 4. The quantitative estimate of drug-likeness (QED) is 0.565. The minimum atomic E-state index is -0.533. The smallest absolute Gasteiger partial charge is 0.306 e. The van der Waals surface area contributed by atoms with Gasteiger partial charge in [-0.3, -0.25) is 14.4 Å². The van der Waals surface area contributed by atoms with E-state index >= 15 is 0 Å². The molecule has 2 N–H and O–H groups in total. The van der Waals surface area contributed by atoms with Gasteiger partial charge in [-0.25, -0.2) is 0 Å². The van der Waals surface area contributed by atoms with E-state index in [0.29, 0.717) is 22.2 Å². The van der Waals surface area contributed by atoms with Crippen LogP contribution in [-0.4, -0.2) is 24.4 Å². The minimum Gasteiger partial charge on any atom is -0.456 e. The molecule has 0 aliphatic heterocycles. The molecule has 0 saturated heterocycles. The third kappa shape index (κ3) is 8.13. The van der Waals surface area contributed by atoms with E-state index in [1.807, 2.05) is 37.3 Å². The lowest BCUT2D eigenvalue weighted by Crippen LogP contribution is -2.31. The molecule has 0 bridgehead atoms. The van der Waals surface area contributed by atoms with Crippen LogP contribution in [0.4, 0.5) is 5.69 Å². The Balaban J connectivity index is 1.63. The molecule has 2 amide bonds. The topological polar surface area (TPSA) is 84.5 Å². The van der Waals surface area contributed by atoms with Gasteiger partial charge >= 0.3 is 5.97 Å². The van der Waals surface area contributed by atoms with Crippen molar-refractivity contribution in [2.45, 2.75) is 32.2 Å². The first-order valence-electron chi connectivity index (χ1n) is 9.10. The van der Waals surface area contributed by atoms with Gasteiger partial charge < -0.3 is 15.4 Å². The molecule has 0 aliphatic rings. The summed E-state index contributed by atoms with van der Waals surface area (Å²) in [6.45, 7) is 1.49. The molecule has 154 valence electrons. The van der Waals surface area contributed by atoms with Crippen LogP contribution >= 0.6 is 23.2 Å². The molecule has 0 aliphatic carbocycles. The first-order valence-corrected chi connectivity index (χ1v) is 9.85. The van der Waals surface area contributed by atoms with Gasteiger partial charge in [0, 0.05) is 18.5 Å². The maximum Gasteiger partial charge on any atom is 0.306 e. The standard InChI is InChI=1S/C21H22Cl2N2O4/c1-14(15-6-3-2-4-7-15)24-20(27)13-29-21(28)9-5-8-19(26)25-16-10-11-17(22)18(23)12-16/h2-4,6-7,10-12,14H,5,8-9,13H2,1H3,(H,24,27)(H,25,26)/t14-/m1/s1. The molecule has 29 heavy (non-hydrogen) atoms. The highest BCUT2D eigenvalue weighted by Gasteiger charge is 2.12. The third-order valence-electron chi connectivity index (χ3n) is 4.03. The molecule has 2 aromatic rings. The zero-order valence-electron chi connectivity index (χ0n) is 15.9. The van der Waals surface area contributed by atoms with Crippen LogP contribution in [-0.2, 0) is 19.1 Å². The maximum absolute atomic E-state index is 11.9. The maximum atomic E-state index is 11.9. The highest BCUT2D eigenvalue weighted by atomic mass is 35.5. The van der Waals surface area contributed by atoms with Gasteiger partial charge in [0.15, 0.2) is 6.61 Å². The van der Waals surface area contributed by atoms with Gasteiger partial charge in [0.25, 0.3) is 5.91 Å². The summed E-state index contributed by atoms with van der Waals surface area (Å²) < 4.78 is 4.95. The second-order valence-corrected chi connectivity index (χ2v) is 7.21. The first-order chi connectivity index (χ1) is 13.8. The van der Waals surface area contributed by atoms with Crippen LogP contribution in [0, 0.1) is 0 Å². The highest BCUT2D eigenvalue weighted by molar-refractivity contribution is 6.42. The first kappa shape index (κ1) is 22.7. The van der Waals surface area contributed by atoms with E-state index in [1.54, 1.807) is 18.2 Å². The van der Waals surface area contributed by atoms with Gasteiger partial charge in [0.05, 0.1) is 16.1 Å². The largest absolute Gasteiger partial charge is 0.456 e. The van der Waals surface area contributed by atoms with Crippen LogP contribution in [0.2, 0.25) is 10.0 Å². The van der Waals surface area contributed by atoms with E-state index in [9.17, 15) is 14.4 Å². The predicted molar refractivity (Wildman–Crippen MR) is 113 cm³/mol. The normalized spacial score (nSPS) is 11.4. The number of halogens is 2. The van der Waals surface area contributed by atoms with Gasteiger partial charge in [-0.05, 0) is 37.1 Å². The van der Waals surface area contributed by atoms with E-state index < -0.39 is 5.97 Å². The molecule has 1 atom stereocenters. The van der Waals surface area contributed by atoms with Crippen LogP contribution in [0.3, 0.4) is 0 Å². The summed E-state index contributed by atoms with van der Waals surface area (Å²) in [4.78, 5) is 35.6. The van der Waals surface area contributed by atoms with Crippen molar-refractivity contribution in [1.29, 1.82) is 0 Å². The number of ether oxygens (including phenoxy) is 1. The fraction of sp³-hybridized carbons (Fsp3) is 0.286. The van der Waals surface area contributed by atoms with Crippen molar-refractivity contribution < 1.29 is 19.1 Å². The van der Waals surface area contributed by atoms with Gasteiger partial charge in [0.1, 0.15) is 0 Å². The molecule has 0 aromatic heterocycles. The predicted octanol–water partition coefficient (Wildman–Crippen LogP) is 4.52. The summed E-state index contributed by atoms with van der Waals surface area (Å²) in [5.74, 6) is -1.17. The SMILES string of the molecule is C[C@@H](NC(=O)COC(=O)CCCC(=O)Nc1ccc(Cl)c(Cl)c1)c1ccccc1. The number of amides is 2. The monoisotopic (exact) mass is 436 g/mol. The number of carbonyl (C=O) groups excluding carboxylic acids is 3. The van der Waals surface area contributed by atoms with Gasteiger partial charge in [-0.2, -0.15) is 0 Å². The lowest BCUT2D eigenvalue weighted by molar-refractivity contribution is -0.148. The highest BCUT2D eigenvalue weighted by Crippen LogP contribution is 2.25. The molecule has 6 nitrogen and oxygen atoms in total. The Morgan fingerprint density at radius 2 is 1.69 bits per heavy atom. The second kappa shape index (κ2) is 11.4. The molecular weight excluding hydrogens is 415 g/mol. The van der Waals surface area contributed by atoms with Crippen molar-refractivity contribution in [2.24, 2.45) is 0 Å². The van der Waals surface area contributed by atoms with Crippen molar-refractivity contribution in [3.63, 3.8) is 0 Å². The summed E-state index contributed by atoms with van der Waals surface area (Å²) in [7, 11) is 0.